The van der Waals surface area contributed by atoms with E-state index in [0.29, 0.717) is 5.92 Å². The van der Waals surface area contributed by atoms with E-state index in [2.05, 4.69) is 5.32 Å². The number of carbonyl (C=O) groups is 1. The predicted molar refractivity (Wildman–Crippen MR) is 64.9 cm³/mol. The molecule has 88 valence electrons. The second-order valence-electron chi connectivity index (χ2n) is 4.49. The van der Waals surface area contributed by atoms with Gasteiger partial charge in [0.05, 0.1) is 0 Å². The first-order chi connectivity index (χ1) is 7.58. The van der Waals surface area contributed by atoms with E-state index in [9.17, 15) is 9.90 Å². The van der Waals surface area contributed by atoms with Gasteiger partial charge < -0.3 is 10.4 Å². The predicted octanol–water partition coefficient (Wildman–Crippen LogP) is 2.49. The van der Waals surface area contributed by atoms with Crippen molar-refractivity contribution < 1.29 is 9.90 Å². The fourth-order valence-corrected chi connectivity index (χ4v) is 2.84. The third-order valence-electron chi connectivity index (χ3n) is 2.94. The molecule has 1 aliphatic rings. The average molecular weight is 239 g/mol. The van der Waals surface area contributed by atoms with Crippen molar-refractivity contribution >= 4 is 17.3 Å². The lowest BCUT2D eigenvalue weighted by atomic mass is 10.1. The molecule has 1 aromatic rings. The summed E-state index contributed by atoms with van der Waals surface area (Å²) in [7, 11) is 0. The van der Waals surface area contributed by atoms with Gasteiger partial charge in [-0.2, -0.15) is 0 Å². The van der Waals surface area contributed by atoms with Crippen molar-refractivity contribution in [3.05, 3.63) is 21.4 Å². The number of carboxylic acid groups (broad SMARTS) is 1. The van der Waals surface area contributed by atoms with Gasteiger partial charge in [-0.05, 0) is 50.8 Å². The number of aliphatic carboxylic acids is 1. The summed E-state index contributed by atoms with van der Waals surface area (Å²) in [5.74, 6) is -0.0801. The molecule has 2 rings (SSSR count). The van der Waals surface area contributed by atoms with Crippen LogP contribution in [-0.4, -0.2) is 17.6 Å². The van der Waals surface area contributed by atoms with Crippen LogP contribution >= 0.6 is 11.3 Å². The maximum absolute atomic E-state index is 11.2. The van der Waals surface area contributed by atoms with E-state index in [1.165, 1.54) is 17.7 Å². The molecule has 1 heterocycles. The van der Waals surface area contributed by atoms with E-state index in [1.54, 1.807) is 11.3 Å². The molecule has 0 aromatic carbocycles. The van der Waals surface area contributed by atoms with Gasteiger partial charge in [-0.15, -0.1) is 11.3 Å². The number of hydrogen-bond acceptors (Lipinski definition) is 3. The Morgan fingerprint density at radius 3 is 2.75 bits per heavy atom. The molecule has 2 N–H and O–H groups in total. The summed E-state index contributed by atoms with van der Waals surface area (Å²) >= 11 is 1.66. The molecule has 1 fully saturated rings. The SMILES string of the molecule is Cc1cc(C(NCC2CC2)C(=O)O)c(C)s1. The van der Waals surface area contributed by atoms with Gasteiger partial charge in [-0.3, -0.25) is 4.79 Å². The van der Waals surface area contributed by atoms with Crippen molar-refractivity contribution in [2.75, 3.05) is 6.54 Å². The number of nitrogens with one attached hydrogen (secondary N) is 1. The van der Waals surface area contributed by atoms with E-state index >= 15 is 0 Å². The van der Waals surface area contributed by atoms with Gasteiger partial charge in [0, 0.05) is 9.75 Å². The summed E-state index contributed by atoms with van der Waals surface area (Å²) in [6, 6.07) is 1.45. The number of aryl methyl sites for hydroxylation is 2. The molecule has 0 amide bonds. The van der Waals surface area contributed by atoms with Crippen LogP contribution in [0.1, 0.15) is 34.2 Å². The zero-order valence-electron chi connectivity index (χ0n) is 9.62. The summed E-state index contributed by atoms with van der Waals surface area (Å²) in [4.78, 5) is 13.5. The number of rotatable bonds is 5. The van der Waals surface area contributed by atoms with Crippen molar-refractivity contribution in [1.82, 2.24) is 5.32 Å². The molecule has 0 radical (unpaired) electrons. The quantitative estimate of drug-likeness (QED) is 0.830. The molecule has 1 atom stereocenters. The molecule has 1 aliphatic carbocycles. The molecular formula is C12H17NO2S. The van der Waals surface area contributed by atoms with Crippen LogP contribution in [0.3, 0.4) is 0 Å². The first-order valence-electron chi connectivity index (χ1n) is 5.61. The minimum atomic E-state index is -0.776. The van der Waals surface area contributed by atoms with Crippen LogP contribution in [0, 0.1) is 19.8 Å². The zero-order valence-corrected chi connectivity index (χ0v) is 10.4. The minimum Gasteiger partial charge on any atom is -0.480 e. The molecule has 16 heavy (non-hydrogen) atoms. The van der Waals surface area contributed by atoms with Crippen LogP contribution < -0.4 is 5.32 Å². The smallest absolute Gasteiger partial charge is 0.325 e. The summed E-state index contributed by atoms with van der Waals surface area (Å²) in [6.45, 7) is 4.83. The molecule has 1 saturated carbocycles. The maximum Gasteiger partial charge on any atom is 0.325 e. The largest absolute Gasteiger partial charge is 0.480 e. The fourth-order valence-electron chi connectivity index (χ4n) is 1.87. The number of carboxylic acids is 1. The van der Waals surface area contributed by atoms with Gasteiger partial charge in [0.25, 0.3) is 0 Å². The molecule has 1 aromatic heterocycles. The van der Waals surface area contributed by atoms with Crippen molar-refractivity contribution in [1.29, 1.82) is 0 Å². The Bertz CT molecular complexity index is 396. The van der Waals surface area contributed by atoms with Crippen LogP contribution in [0.5, 0.6) is 0 Å². The van der Waals surface area contributed by atoms with E-state index in [-0.39, 0.29) is 0 Å². The van der Waals surface area contributed by atoms with Crippen LogP contribution in [0.25, 0.3) is 0 Å². The van der Waals surface area contributed by atoms with Gasteiger partial charge in [0.15, 0.2) is 0 Å². The van der Waals surface area contributed by atoms with E-state index in [4.69, 9.17) is 0 Å². The van der Waals surface area contributed by atoms with Crippen LogP contribution in [0.15, 0.2) is 6.07 Å². The normalized spacial score (nSPS) is 17.4. The van der Waals surface area contributed by atoms with Crippen molar-refractivity contribution in [2.45, 2.75) is 32.7 Å². The lowest BCUT2D eigenvalue weighted by molar-refractivity contribution is -0.139. The average Bonchev–Trinajstić information content (AvgIpc) is 2.94. The van der Waals surface area contributed by atoms with Gasteiger partial charge >= 0.3 is 5.97 Å². The Hall–Kier alpha value is -0.870. The highest BCUT2D eigenvalue weighted by Crippen LogP contribution is 2.30. The minimum absolute atomic E-state index is 0.537. The summed E-state index contributed by atoms with van der Waals surface area (Å²) in [5.41, 5.74) is 0.927. The molecule has 1 unspecified atom stereocenters. The Balaban J connectivity index is 2.10. The summed E-state index contributed by atoms with van der Waals surface area (Å²) in [6.07, 6.45) is 2.47. The van der Waals surface area contributed by atoms with Gasteiger partial charge in [-0.25, -0.2) is 0 Å². The highest BCUT2D eigenvalue weighted by atomic mass is 32.1. The number of hydrogen-bond donors (Lipinski definition) is 2. The van der Waals surface area contributed by atoms with Crippen molar-refractivity contribution in [2.24, 2.45) is 5.92 Å². The molecule has 4 heteroatoms. The lowest BCUT2D eigenvalue weighted by Gasteiger charge is -2.14. The third-order valence-corrected chi connectivity index (χ3v) is 3.93. The Labute approximate surface area is 99.5 Å². The van der Waals surface area contributed by atoms with Gasteiger partial charge in [0.1, 0.15) is 6.04 Å². The van der Waals surface area contributed by atoms with E-state index in [1.807, 2.05) is 19.9 Å². The second-order valence-corrected chi connectivity index (χ2v) is 5.95. The van der Waals surface area contributed by atoms with Crippen molar-refractivity contribution in [3.8, 4) is 0 Å². The molecule has 0 spiro atoms. The molecule has 0 bridgehead atoms. The Kier molecular flexibility index (Phi) is 3.30. The molecule has 0 saturated heterocycles. The Morgan fingerprint density at radius 1 is 1.62 bits per heavy atom. The van der Waals surface area contributed by atoms with E-state index in [0.717, 1.165) is 17.0 Å². The second kappa shape index (κ2) is 4.55. The summed E-state index contributed by atoms with van der Waals surface area (Å²) < 4.78 is 0. The van der Waals surface area contributed by atoms with Crippen LogP contribution in [-0.2, 0) is 4.79 Å². The van der Waals surface area contributed by atoms with E-state index < -0.39 is 12.0 Å². The maximum atomic E-state index is 11.2. The first-order valence-corrected chi connectivity index (χ1v) is 6.42. The molecular weight excluding hydrogens is 222 g/mol. The van der Waals surface area contributed by atoms with Crippen molar-refractivity contribution in [3.63, 3.8) is 0 Å². The standard InChI is InChI=1S/C12H17NO2S/c1-7-5-10(8(2)16-7)11(12(14)15)13-6-9-3-4-9/h5,9,11,13H,3-4,6H2,1-2H3,(H,14,15). The number of thiophene rings is 1. The third kappa shape index (κ3) is 2.62. The highest BCUT2D eigenvalue weighted by Gasteiger charge is 2.27. The first kappa shape index (κ1) is 11.6. The monoisotopic (exact) mass is 239 g/mol. The topological polar surface area (TPSA) is 49.3 Å². The zero-order chi connectivity index (χ0) is 11.7. The summed E-state index contributed by atoms with van der Waals surface area (Å²) in [5, 5.41) is 12.4. The Morgan fingerprint density at radius 2 is 2.31 bits per heavy atom. The fraction of sp³-hybridized carbons (Fsp3) is 0.583. The van der Waals surface area contributed by atoms with Crippen LogP contribution in [0.4, 0.5) is 0 Å². The van der Waals surface area contributed by atoms with Gasteiger partial charge in [-0.1, -0.05) is 0 Å². The molecule has 3 nitrogen and oxygen atoms in total. The lowest BCUT2D eigenvalue weighted by Crippen LogP contribution is -2.30. The molecule has 0 aliphatic heterocycles. The highest BCUT2D eigenvalue weighted by molar-refractivity contribution is 7.12. The van der Waals surface area contributed by atoms with Crippen LogP contribution in [0.2, 0.25) is 0 Å². The van der Waals surface area contributed by atoms with Gasteiger partial charge in [0.2, 0.25) is 0 Å².